The summed E-state index contributed by atoms with van der Waals surface area (Å²) < 4.78 is 0. The highest BCUT2D eigenvalue weighted by atomic mass is 14.9. The van der Waals surface area contributed by atoms with Crippen molar-refractivity contribution in [3.63, 3.8) is 0 Å². The van der Waals surface area contributed by atoms with Crippen molar-refractivity contribution in [1.82, 2.24) is 0 Å². The van der Waals surface area contributed by atoms with E-state index in [2.05, 4.69) is 18.8 Å². The first-order chi connectivity index (χ1) is 6.31. The molecule has 1 aliphatic heterocycles. The molecule has 1 nitrogen and oxygen atoms in total. The molecule has 0 spiro atoms. The van der Waals surface area contributed by atoms with E-state index in [1.807, 2.05) is 0 Å². The van der Waals surface area contributed by atoms with Crippen molar-refractivity contribution >= 4 is 5.71 Å². The van der Waals surface area contributed by atoms with Gasteiger partial charge in [0.2, 0.25) is 0 Å². The van der Waals surface area contributed by atoms with Crippen LogP contribution in [0, 0.1) is 17.8 Å². The van der Waals surface area contributed by atoms with Gasteiger partial charge in [0.1, 0.15) is 0 Å². The second-order valence-electron chi connectivity index (χ2n) is 4.80. The molecule has 0 saturated heterocycles. The van der Waals surface area contributed by atoms with Gasteiger partial charge in [-0.3, -0.25) is 4.99 Å². The monoisotopic (exact) mass is 179 g/mol. The zero-order chi connectivity index (χ0) is 9.26. The standard InChI is InChI=1S/C12H21N/c1-3-9(2)10-4-6-11(7-5-10)12-8-13-12/h9-11H,3-8H2,1-2H3. The van der Waals surface area contributed by atoms with Gasteiger partial charge in [0.05, 0.1) is 6.54 Å². The third kappa shape index (κ3) is 2.12. The molecule has 0 aromatic rings. The van der Waals surface area contributed by atoms with Crippen molar-refractivity contribution in [1.29, 1.82) is 0 Å². The average Bonchev–Trinajstić information content (AvgIpc) is 3.00. The molecule has 1 aliphatic carbocycles. The van der Waals surface area contributed by atoms with Crippen LogP contribution in [0.1, 0.15) is 46.0 Å². The van der Waals surface area contributed by atoms with E-state index in [9.17, 15) is 0 Å². The second kappa shape index (κ2) is 3.81. The Morgan fingerprint density at radius 1 is 1.31 bits per heavy atom. The van der Waals surface area contributed by atoms with Crippen LogP contribution in [0.15, 0.2) is 4.99 Å². The van der Waals surface area contributed by atoms with Gasteiger partial charge in [0.25, 0.3) is 0 Å². The van der Waals surface area contributed by atoms with Crippen molar-refractivity contribution in [2.45, 2.75) is 46.0 Å². The van der Waals surface area contributed by atoms with Crippen LogP contribution in [0.4, 0.5) is 0 Å². The minimum absolute atomic E-state index is 0.889. The van der Waals surface area contributed by atoms with Gasteiger partial charge < -0.3 is 0 Å². The molecule has 0 amide bonds. The lowest BCUT2D eigenvalue weighted by atomic mass is 9.75. The molecule has 2 aliphatic rings. The van der Waals surface area contributed by atoms with Crippen molar-refractivity contribution in [3.05, 3.63) is 0 Å². The highest BCUT2D eigenvalue weighted by Crippen LogP contribution is 2.36. The molecule has 0 bridgehead atoms. The molecule has 0 radical (unpaired) electrons. The predicted molar refractivity (Wildman–Crippen MR) is 57.2 cm³/mol. The van der Waals surface area contributed by atoms with Crippen molar-refractivity contribution < 1.29 is 0 Å². The van der Waals surface area contributed by atoms with Crippen LogP contribution in [0.3, 0.4) is 0 Å². The predicted octanol–water partition coefficient (Wildman–Crippen LogP) is 3.29. The maximum Gasteiger partial charge on any atom is 0.0771 e. The second-order valence-corrected chi connectivity index (χ2v) is 4.80. The molecule has 0 aromatic heterocycles. The topological polar surface area (TPSA) is 12.4 Å². The van der Waals surface area contributed by atoms with Crippen LogP contribution >= 0.6 is 0 Å². The maximum absolute atomic E-state index is 4.33. The fraction of sp³-hybridized carbons (Fsp3) is 0.917. The first kappa shape index (κ1) is 9.23. The first-order valence-electron chi connectivity index (χ1n) is 5.84. The van der Waals surface area contributed by atoms with Gasteiger partial charge in [0.15, 0.2) is 0 Å². The van der Waals surface area contributed by atoms with Crippen LogP contribution in [0.25, 0.3) is 0 Å². The Morgan fingerprint density at radius 2 is 1.92 bits per heavy atom. The molecule has 1 unspecified atom stereocenters. The van der Waals surface area contributed by atoms with Crippen molar-refractivity contribution in [3.8, 4) is 0 Å². The smallest absolute Gasteiger partial charge is 0.0771 e. The summed E-state index contributed by atoms with van der Waals surface area (Å²) in [6, 6.07) is 0. The highest BCUT2D eigenvalue weighted by molar-refractivity contribution is 5.98. The van der Waals surface area contributed by atoms with Crippen LogP contribution in [0.5, 0.6) is 0 Å². The van der Waals surface area contributed by atoms with Crippen LogP contribution in [-0.4, -0.2) is 12.3 Å². The summed E-state index contributed by atoms with van der Waals surface area (Å²) in [5.41, 5.74) is 1.53. The number of rotatable bonds is 3. The minimum atomic E-state index is 0.889. The van der Waals surface area contributed by atoms with Gasteiger partial charge in [-0.2, -0.15) is 0 Å². The third-order valence-corrected chi connectivity index (χ3v) is 4.03. The van der Waals surface area contributed by atoms with Crippen LogP contribution in [0.2, 0.25) is 0 Å². The quantitative estimate of drug-likeness (QED) is 0.630. The zero-order valence-electron chi connectivity index (χ0n) is 8.92. The molecule has 1 heteroatoms. The van der Waals surface area contributed by atoms with E-state index in [0.29, 0.717) is 0 Å². The molecule has 0 N–H and O–H groups in total. The molecule has 13 heavy (non-hydrogen) atoms. The lowest BCUT2D eigenvalue weighted by Crippen LogP contribution is -2.22. The SMILES string of the molecule is CCC(C)C1CCC(C2=NC2)CC1. The maximum atomic E-state index is 4.33. The number of nitrogens with zero attached hydrogens (tertiary/aromatic N) is 1. The molecule has 0 aromatic carbocycles. The Balaban J connectivity index is 1.78. The van der Waals surface area contributed by atoms with Gasteiger partial charge in [-0.25, -0.2) is 0 Å². The first-order valence-corrected chi connectivity index (χ1v) is 5.84. The van der Waals surface area contributed by atoms with Gasteiger partial charge in [-0.15, -0.1) is 0 Å². The van der Waals surface area contributed by atoms with E-state index in [1.54, 1.807) is 0 Å². The molecule has 1 saturated carbocycles. The number of hydrogen-bond acceptors (Lipinski definition) is 1. The molecule has 2 rings (SSSR count). The number of hydrogen-bond donors (Lipinski definition) is 0. The molecule has 74 valence electrons. The Bertz CT molecular complexity index is 199. The van der Waals surface area contributed by atoms with E-state index >= 15 is 0 Å². The molecular weight excluding hydrogens is 158 g/mol. The average molecular weight is 179 g/mol. The Labute approximate surface area is 81.6 Å². The van der Waals surface area contributed by atoms with Gasteiger partial charge in [0, 0.05) is 5.71 Å². The summed E-state index contributed by atoms with van der Waals surface area (Å²) in [4.78, 5) is 4.33. The van der Waals surface area contributed by atoms with Gasteiger partial charge in [-0.05, 0) is 43.4 Å². The lowest BCUT2D eigenvalue weighted by Gasteiger charge is -2.30. The van der Waals surface area contributed by atoms with E-state index < -0.39 is 0 Å². The normalized spacial score (nSPS) is 35.4. The number of aliphatic imine (C=N–C) groups is 1. The van der Waals surface area contributed by atoms with Crippen molar-refractivity contribution in [2.24, 2.45) is 22.7 Å². The molecule has 1 atom stereocenters. The van der Waals surface area contributed by atoms with Crippen LogP contribution in [-0.2, 0) is 0 Å². The highest BCUT2D eigenvalue weighted by Gasteiger charge is 2.29. The van der Waals surface area contributed by atoms with E-state index in [-0.39, 0.29) is 0 Å². The fourth-order valence-electron chi connectivity index (χ4n) is 2.66. The summed E-state index contributed by atoms with van der Waals surface area (Å²) in [6.45, 7) is 5.83. The summed E-state index contributed by atoms with van der Waals surface area (Å²) in [5.74, 6) is 2.85. The Kier molecular flexibility index (Phi) is 2.71. The largest absolute Gasteiger partial charge is 0.286 e. The lowest BCUT2D eigenvalue weighted by molar-refractivity contribution is 0.239. The summed E-state index contributed by atoms with van der Waals surface area (Å²) in [6.07, 6.45) is 7.12. The Hall–Kier alpha value is -0.330. The minimum Gasteiger partial charge on any atom is -0.286 e. The van der Waals surface area contributed by atoms with Gasteiger partial charge in [-0.1, -0.05) is 20.3 Å². The Morgan fingerprint density at radius 3 is 2.38 bits per heavy atom. The third-order valence-electron chi connectivity index (χ3n) is 4.03. The van der Waals surface area contributed by atoms with E-state index in [1.165, 1.54) is 37.8 Å². The van der Waals surface area contributed by atoms with Crippen LogP contribution < -0.4 is 0 Å². The van der Waals surface area contributed by atoms with Gasteiger partial charge >= 0.3 is 0 Å². The summed E-state index contributed by atoms with van der Waals surface area (Å²) in [7, 11) is 0. The van der Waals surface area contributed by atoms with E-state index in [0.717, 1.165) is 24.3 Å². The van der Waals surface area contributed by atoms with Crippen molar-refractivity contribution in [2.75, 3.05) is 6.54 Å². The molecule has 1 fully saturated rings. The summed E-state index contributed by atoms with van der Waals surface area (Å²) >= 11 is 0. The molecule has 1 heterocycles. The fourth-order valence-corrected chi connectivity index (χ4v) is 2.66. The summed E-state index contributed by atoms with van der Waals surface area (Å²) in [5, 5.41) is 0. The zero-order valence-corrected chi connectivity index (χ0v) is 8.92. The van der Waals surface area contributed by atoms with E-state index in [4.69, 9.17) is 0 Å². The molecular formula is C12H21N.